The molecule has 3 rings (SSSR count). The van der Waals surface area contributed by atoms with Crippen molar-refractivity contribution < 1.29 is 9.18 Å². The average molecular weight is 367 g/mol. The van der Waals surface area contributed by atoms with Crippen LogP contribution in [0.25, 0.3) is 5.69 Å². The van der Waals surface area contributed by atoms with Crippen LogP contribution in [0.4, 0.5) is 4.39 Å². The largest absolute Gasteiger partial charge is 0.332 e. The Morgan fingerprint density at radius 1 is 1.20 bits per heavy atom. The van der Waals surface area contributed by atoms with Gasteiger partial charge in [-0.1, -0.05) is 0 Å². The Balaban J connectivity index is 0.00000225. The number of nitrogens with zero attached hydrogens (tertiary/aromatic N) is 3. The molecule has 1 N–H and O–H groups in total. The first kappa shape index (κ1) is 19.1. The second-order valence-electron chi connectivity index (χ2n) is 5.93. The fraction of sp³-hybridized carbons (Fsp3) is 0.353. The molecule has 1 saturated heterocycles. The number of nitrogens with one attached hydrogen (secondary N) is 1. The zero-order chi connectivity index (χ0) is 17.3. The molecule has 0 bridgehead atoms. The second-order valence-corrected chi connectivity index (χ2v) is 5.93. The standard InChI is InChI=1S/C17H19FN4O2.ClH/c1-11-12(2)21(10-9-19-11)17(24)15-7-8-16(23)22(20-15)14-5-3-13(18)4-6-14;/h3-8,11-12,19H,9-10H2,1-2H3;1H. The molecule has 2 unspecified atom stereocenters. The molecular formula is C17H20ClFN4O2. The van der Waals surface area contributed by atoms with E-state index < -0.39 is 5.82 Å². The van der Waals surface area contributed by atoms with Crippen LogP contribution < -0.4 is 10.9 Å². The van der Waals surface area contributed by atoms with Gasteiger partial charge in [0.25, 0.3) is 11.5 Å². The molecule has 8 heteroatoms. The fourth-order valence-electron chi connectivity index (χ4n) is 2.78. The van der Waals surface area contributed by atoms with Crippen LogP contribution in [0.5, 0.6) is 0 Å². The highest BCUT2D eigenvalue weighted by Gasteiger charge is 2.29. The Hall–Kier alpha value is -2.25. The van der Waals surface area contributed by atoms with Gasteiger partial charge in [0.1, 0.15) is 11.5 Å². The number of halogens is 2. The Kier molecular flexibility index (Phi) is 5.92. The van der Waals surface area contributed by atoms with Crippen LogP contribution in [0.15, 0.2) is 41.2 Å². The van der Waals surface area contributed by atoms with Crippen molar-refractivity contribution in [2.24, 2.45) is 0 Å². The average Bonchev–Trinajstić information content (AvgIpc) is 2.58. The van der Waals surface area contributed by atoms with E-state index in [9.17, 15) is 14.0 Å². The van der Waals surface area contributed by atoms with E-state index in [2.05, 4.69) is 10.4 Å². The summed E-state index contributed by atoms with van der Waals surface area (Å²) in [5.41, 5.74) is 0.234. The summed E-state index contributed by atoms with van der Waals surface area (Å²) in [6.07, 6.45) is 0. The van der Waals surface area contributed by atoms with Gasteiger partial charge in [-0.05, 0) is 44.2 Å². The van der Waals surface area contributed by atoms with E-state index in [1.807, 2.05) is 13.8 Å². The normalized spacial score (nSPS) is 20.0. The van der Waals surface area contributed by atoms with Crippen molar-refractivity contribution in [1.82, 2.24) is 20.0 Å². The maximum Gasteiger partial charge on any atom is 0.274 e. The van der Waals surface area contributed by atoms with Crippen LogP contribution in [0, 0.1) is 5.82 Å². The van der Waals surface area contributed by atoms with Gasteiger partial charge in [0.2, 0.25) is 0 Å². The molecule has 1 aliphatic heterocycles. The van der Waals surface area contributed by atoms with Crippen molar-refractivity contribution in [2.75, 3.05) is 13.1 Å². The summed E-state index contributed by atoms with van der Waals surface area (Å²) in [5.74, 6) is -0.616. The molecule has 1 aliphatic rings. The van der Waals surface area contributed by atoms with Gasteiger partial charge in [0, 0.05) is 31.2 Å². The van der Waals surface area contributed by atoms with Crippen molar-refractivity contribution in [2.45, 2.75) is 25.9 Å². The predicted octanol–water partition coefficient (Wildman–Crippen LogP) is 1.62. The minimum Gasteiger partial charge on any atom is -0.332 e. The molecule has 134 valence electrons. The van der Waals surface area contributed by atoms with E-state index in [0.29, 0.717) is 12.2 Å². The van der Waals surface area contributed by atoms with Crippen LogP contribution in [-0.2, 0) is 0 Å². The number of carbonyl (C=O) groups is 1. The highest BCUT2D eigenvalue weighted by Crippen LogP contribution is 2.13. The lowest BCUT2D eigenvalue weighted by atomic mass is 10.1. The Morgan fingerprint density at radius 2 is 1.88 bits per heavy atom. The van der Waals surface area contributed by atoms with Crippen molar-refractivity contribution in [1.29, 1.82) is 0 Å². The number of benzene rings is 1. The summed E-state index contributed by atoms with van der Waals surface area (Å²) in [4.78, 5) is 26.6. The van der Waals surface area contributed by atoms with E-state index in [1.54, 1.807) is 4.90 Å². The topological polar surface area (TPSA) is 67.2 Å². The van der Waals surface area contributed by atoms with Gasteiger partial charge in [-0.25, -0.2) is 4.39 Å². The highest BCUT2D eigenvalue weighted by molar-refractivity contribution is 5.92. The van der Waals surface area contributed by atoms with Crippen LogP contribution in [0.2, 0.25) is 0 Å². The van der Waals surface area contributed by atoms with E-state index in [4.69, 9.17) is 0 Å². The minimum atomic E-state index is -0.400. The molecule has 2 atom stereocenters. The molecular weight excluding hydrogens is 347 g/mol. The van der Waals surface area contributed by atoms with Crippen LogP contribution in [0.1, 0.15) is 24.3 Å². The molecule has 6 nitrogen and oxygen atoms in total. The lowest BCUT2D eigenvalue weighted by Crippen LogP contribution is -2.57. The second kappa shape index (κ2) is 7.76. The van der Waals surface area contributed by atoms with Gasteiger partial charge >= 0.3 is 0 Å². The molecule has 1 aromatic heterocycles. The number of rotatable bonds is 2. The maximum absolute atomic E-state index is 13.1. The molecule has 0 radical (unpaired) electrons. The number of hydrogen-bond donors (Lipinski definition) is 1. The van der Waals surface area contributed by atoms with E-state index in [0.717, 1.165) is 11.2 Å². The SMILES string of the molecule is CC1NCCN(C(=O)c2ccc(=O)n(-c3ccc(F)cc3)n2)C1C.Cl. The lowest BCUT2D eigenvalue weighted by Gasteiger charge is -2.38. The van der Waals surface area contributed by atoms with Crippen LogP contribution in [-0.4, -0.2) is 45.8 Å². The van der Waals surface area contributed by atoms with Gasteiger partial charge in [0.05, 0.1) is 5.69 Å². The van der Waals surface area contributed by atoms with Gasteiger partial charge < -0.3 is 10.2 Å². The predicted molar refractivity (Wildman–Crippen MR) is 95.0 cm³/mol. The smallest absolute Gasteiger partial charge is 0.274 e. The molecule has 0 saturated carbocycles. The third-order valence-electron chi connectivity index (χ3n) is 4.39. The first-order valence-electron chi connectivity index (χ1n) is 7.88. The lowest BCUT2D eigenvalue weighted by molar-refractivity contribution is 0.0595. The van der Waals surface area contributed by atoms with Crippen molar-refractivity contribution >= 4 is 18.3 Å². The summed E-state index contributed by atoms with van der Waals surface area (Å²) in [5, 5.41) is 7.49. The number of carbonyl (C=O) groups excluding carboxylic acids is 1. The molecule has 0 spiro atoms. The van der Waals surface area contributed by atoms with Crippen LogP contribution >= 0.6 is 12.4 Å². The Bertz CT molecular complexity index is 809. The molecule has 1 amide bonds. The number of hydrogen-bond acceptors (Lipinski definition) is 4. The molecule has 1 aromatic carbocycles. The zero-order valence-corrected chi connectivity index (χ0v) is 14.8. The monoisotopic (exact) mass is 366 g/mol. The maximum atomic E-state index is 13.1. The molecule has 2 heterocycles. The molecule has 0 aliphatic carbocycles. The van der Waals surface area contributed by atoms with E-state index in [-0.39, 0.29) is 41.7 Å². The number of amides is 1. The number of aromatic nitrogens is 2. The highest BCUT2D eigenvalue weighted by atomic mass is 35.5. The summed E-state index contributed by atoms with van der Waals surface area (Å²) in [7, 11) is 0. The Labute approximate surface area is 151 Å². The van der Waals surface area contributed by atoms with Crippen molar-refractivity contribution in [3.05, 3.63) is 58.3 Å². The summed E-state index contributed by atoms with van der Waals surface area (Å²) in [6, 6.07) is 8.35. The summed E-state index contributed by atoms with van der Waals surface area (Å²) >= 11 is 0. The molecule has 25 heavy (non-hydrogen) atoms. The van der Waals surface area contributed by atoms with E-state index >= 15 is 0 Å². The van der Waals surface area contributed by atoms with Crippen molar-refractivity contribution in [3.8, 4) is 5.69 Å². The quantitative estimate of drug-likeness (QED) is 0.877. The van der Waals surface area contributed by atoms with E-state index in [1.165, 1.54) is 36.4 Å². The summed E-state index contributed by atoms with van der Waals surface area (Å²) in [6.45, 7) is 5.30. The minimum absolute atomic E-state index is 0. The number of piperazine rings is 1. The van der Waals surface area contributed by atoms with Gasteiger partial charge in [-0.15, -0.1) is 12.4 Å². The molecule has 2 aromatic rings. The van der Waals surface area contributed by atoms with Gasteiger partial charge in [0.15, 0.2) is 0 Å². The summed E-state index contributed by atoms with van der Waals surface area (Å²) < 4.78 is 14.2. The first-order valence-corrected chi connectivity index (χ1v) is 7.88. The third-order valence-corrected chi connectivity index (χ3v) is 4.39. The third kappa shape index (κ3) is 3.88. The first-order chi connectivity index (χ1) is 11.5. The van der Waals surface area contributed by atoms with Gasteiger partial charge in [-0.2, -0.15) is 9.78 Å². The Morgan fingerprint density at radius 3 is 2.56 bits per heavy atom. The fourth-order valence-corrected chi connectivity index (χ4v) is 2.78. The zero-order valence-electron chi connectivity index (χ0n) is 14.0. The van der Waals surface area contributed by atoms with Gasteiger partial charge in [-0.3, -0.25) is 9.59 Å². The molecule has 1 fully saturated rings. The van der Waals surface area contributed by atoms with Crippen LogP contribution in [0.3, 0.4) is 0 Å². The van der Waals surface area contributed by atoms with Crippen molar-refractivity contribution in [3.63, 3.8) is 0 Å².